The first-order valence-corrected chi connectivity index (χ1v) is 9.23. The average molecular weight is 373 g/mol. The summed E-state index contributed by atoms with van der Waals surface area (Å²) in [6.07, 6.45) is 2.08. The van der Waals surface area contributed by atoms with E-state index in [2.05, 4.69) is 29.3 Å². The molecule has 2 aromatic carbocycles. The van der Waals surface area contributed by atoms with Crippen molar-refractivity contribution in [2.45, 2.75) is 25.8 Å². The van der Waals surface area contributed by atoms with Gasteiger partial charge in [-0.05, 0) is 31.4 Å². The van der Waals surface area contributed by atoms with Gasteiger partial charge in [-0.25, -0.2) is 0 Å². The number of para-hydroxylation sites is 1. The zero-order valence-corrected chi connectivity index (χ0v) is 15.4. The lowest BCUT2D eigenvalue weighted by molar-refractivity contribution is -0.115. The second-order valence-corrected chi connectivity index (χ2v) is 7.08. The molecule has 1 amide bonds. The lowest BCUT2D eigenvalue weighted by Gasteiger charge is -2.36. The Balaban J connectivity index is 1.51. The molecule has 2 aromatic rings. The normalized spacial score (nSPS) is 18.2. The monoisotopic (exact) mass is 372 g/mol. The molecule has 2 heterocycles. The van der Waals surface area contributed by atoms with Gasteiger partial charge in [-0.1, -0.05) is 29.8 Å². The van der Waals surface area contributed by atoms with Gasteiger partial charge in [0.05, 0.1) is 17.3 Å². The van der Waals surface area contributed by atoms with Gasteiger partial charge in [0.1, 0.15) is 13.2 Å². The number of fused-ring (bicyclic) bond motifs is 2. The molecule has 0 aromatic heterocycles. The zero-order valence-electron chi connectivity index (χ0n) is 14.6. The second-order valence-electron chi connectivity index (χ2n) is 6.67. The Bertz CT molecular complexity index is 840. The van der Waals surface area contributed by atoms with Crippen LogP contribution in [-0.2, 0) is 11.2 Å². The summed E-state index contributed by atoms with van der Waals surface area (Å²) in [5.74, 6) is 1.11. The Labute approximate surface area is 157 Å². The van der Waals surface area contributed by atoms with Crippen LogP contribution in [0.2, 0.25) is 5.02 Å². The molecule has 6 heteroatoms. The maximum Gasteiger partial charge on any atom is 0.243 e. The van der Waals surface area contributed by atoms with Crippen molar-refractivity contribution in [3.05, 3.63) is 47.0 Å². The molecule has 0 aliphatic carbocycles. The molecule has 0 spiro atoms. The quantitative estimate of drug-likeness (QED) is 0.888. The molecule has 1 atom stereocenters. The lowest BCUT2D eigenvalue weighted by atomic mass is 9.96. The van der Waals surface area contributed by atoms with Gasteiger partial charge in [0.15, 0.2) is 11.5 Å². The van der Waals surface area contributed by atoms with Crippen molar-refractivity contribution >= 4 is 28.9 Å². The molecule has 1 N–H and O–H groups in total. The molecule has 2 aliphatic heterocycles. The summed E-state index contributed by atoms with van der Waals surface area (Å²) in [6.45, 7) is 3.43. The van der Waals surface area contributed by atoms with Gasteiger partial charge in [0.2, 0.25) is 5.91 Å². The fourth-order valence-electron chi connectivity index (χ4n) is 3.51. The van der Waals surface area contributed by atoms with Gasteiger partial charge in [0.25, 0.3) is 0 Å². The Morgan fingerprint density at radius 3 is 2.77 bits per heavy atom. The summed E-state index contributed by atoms with van der Waals surface area (Å²) in [5.41, 5.74) is 2.96. The van der Waals surface area contributed by atoms with Crippen molar-refractivity contribution in [1.82, 2.24) is 0 Å². The van der Waals surface area contributed by atoms with E-state index < -0.39 is 0 Å². The van der Waals surface area contributed by atoms with E-state index in [1.165, 1.54) is 5.56 Å². The van der Waals surface area contributed by atoms with E-state index in [0.717, 1.165) is 18.5 Å². The van der Waals surface area contributed by atoms with Crippen molar-refractivity contribution in [2.75, 3.05) is 30.0 Å². The minimum Gasteiger partial charge on any atom is -0.486 e. The molecular formula is C20H21ClN2O3. The van der Waals surface area contributed by atoms with Gasteiger partial charge in [0, 0.05) is 23.9 Å². The number of hydrogen-bond acceptors (Lipinski definition) is 4. The van der Waals surface area contributed by atoms with E-state index >= 15 is 0 Å². The fourth-order valence-corrected chi connectivity index (χ4v) is 3.71. The average Bonchev–Trinajstić information content (AvgIpc) is 2.65. The Kier molecular flexibility index (Phi) is 4.64. The molecule has 0 unspecified atom stereocenters. The van der Waals surface area contributed by atoms with Crippen LogP contribution in [0.3, 0.4) is 0 Å². The standard InChI is InChI=1S/C20H21ClN2O3/c1-13-6-7-14-4-2-3-5-17(14)23(13)12-20(24)22-16-11-19-18(10-15(16)21)25-8-9-26-19/h2-5,10-11,13H,6-9,12H2,1H3,(H,22,24)/t13-/m1/s1. The van der Waals surface area contributed by atoms with Gasteiger partial charge < -0.3 is 19.7 Å². The van der Waals surface area contributed by atoms with E-state index in [-0.39, 0.29) is 12.5 Å². The van der Waals surface area contributed by atoms with E-state index in [4.69, 9.17) is 21.1 Å². The van der Waals surface area contributed by atoms with Crippen molar-refractivity contribution in [3.63, 3.8) is 0 Å². The molecule has 0 saturated heterocycles. The first-order valence-electron chi connectivity index (χ1n) is 8.85. The predicted molar refractivity (Wildman–Crippen MR) is 103 cm³/mol. The number of ether oxygens (including phenoxy) is 2. The van der Waals surface area contributed by atoms with E-state index in [9.17, 15) is 4.79 Å². The van der Waals surface area contributed by atoms with Crippen molar-refractivity contribution in [3.8, 4) is 11.5 Å². The number of nitrogens with zero attached hydrogens (tertiary/aromatic N) is 1. The highest BCUT2D eigenvalue weighted by molar-refractivity contribution is 6.34. The zero-order chi connectivity index (χ0) is 18.1. The van der Waals surface area contributed by atoms with Crippen LogP contribution in [0.5, 0.6) is 11.5 Å². The number of amides is 1. The van der Waals surface area contributed by atoms with Crippen molar-refractivity contribution in [2.24, 2.45) is 0 Å². The minimum atomic E-state index is -0.105. The first-order chi connectivity index (χ1) is 12.6. The molecule has 0 bridgehead atoms. The molecule has 5 nitrogen and oxygen atoms in total. The summed E-state index contributed by atoms with van der Waals surface area (Å²) < 4.78 is 11.1. The van der Waals surface area contributed by atoms with Crippen molar-refractivity contribution in [1.29, 1.82) is 0 Å². The summed E-state index contributed by atoms with van der Waals surface area (Å²) in [5, 5.41) is 3.35. The summed E-state index contributed by atoms with van der Waals surface area (Å²) in [4.78, 5) is 14.8. The van der Waals surface area contributed by atoms with Crippen LogP contribution in [0.1, 0.15) is 18.9 Å². The van der Waals surface area contributed by atoms with Crippen LogP contribution in [0.25, 0.3) is 0 Å². The number of carbonyl (C=O) groups excluding carboxylic acids is 1. The van der Waals surface area contributed by atoms with E-state index in [0.29, 0.717) is 41.5 Å². The van der Waals surface area contributed by atoms with Crippen molar-refractivity contribution < 1.29 is 14.3 Å². The van der Waals surface area contributed by atoms with Crippen LogP contribution in [0, 0.1) is 0 Å². The Hall–Kier alpha value is -2.40. The second kappa shape index (κ2) is 7.08. The number of aryl methyl sites for hydroxylation is 1. The Morgan fingerprint density at radius 1 is 1.23 bits per heavy atom. The Morgan fingerprint density at radius 2 is 1.96 bits per heavy atom. The number of anilines is 2. The highest BCUT2D eigenvalue weighted by atomic mass is 35.5. The molecule has 136 valence electrons. The van der Waals surface area contributed by atoms with Crippen LogP contribution >= 0.6 is 11.6 Å². The summed E-state index contributed by atoms with van der Waals surface area (Å²) in [7, 11) is 0. The molecule has 0 saturated carbocycles. The SMILES string of the molecule is C[C@@H]1CCc2ccccc2N1CC(=O)Nc1cc2c(cc1Cl)OCCO2. The first kappa shape index (κ1) is 17.0. The third-order valence-electron chi connectivity index (χ3n) is 4.88. The number of benzene rings is 2. The largest absolute Gasteiger partial charge is 0.486 e. The molecule has 0 radical (unpaired) electrons. The smallest absolute Gasteiger partial charge is 0.243 e. The maximum atomic E-state index is 12.7. The van der Waals surface area contributed by atoms with Gasteiger partial charge in [-0.2, -0.15) is 0 Å². The molecular weight excluding hydrogens is 352 g/mol. The molecule has 26 heavy (non-hydrogen) atoms. The van der Waals surface area contributed by atoms with Crippen LogP contribution in [0.15, 0.2) is 36.4 Å². The van der Waals surface area contributed by atoms with Crippen LogP contribution in [0.4, 0.5) is 11.4 Å². The van der Waals surface area contributed by atoms with E-state index in [1.54, 1.807) is 12.1 Å². The minimum absolute atomic E-state index is 0.105. The van der Waals surface area contributed by atoms with Gasteiger partial charge in [-0.15, -0.1) is 0 Å². The fraction of sp³-hybridized carbons (Fsp3) is 0.350. The highest BCUT2D eigenvalue weighted by Crippen LogP contribution is 2.38. The predicted octanol–water partition coefficient (Wildman–Crippen LogP) is 3.89. The number of rotatable bonds is 3. The van der Waals surface area contributed by atoms with Crippen LogP contribution < -0.4 is 19.7 Å². The number of hydrogen-bond donors (Lipinski definition) is 1. The topological polar surface area (TPSA) is 50.8 Å². The number of halogens is 1. The van der Waals surface area contributed by atoms with Gasteiger partial charge >= 0.3 is 0 Å². The molecule has 4 rings (SSSR count). The number of carbonyl (C=O) groups is 1. The van der Waals surface area contributed by atoms with Gasteiger partial charge in [-0.3, -0.25) is 4.79 Å². The molecule has 0 fully saturated rings. The highest BCUT2D eigenvalue weighted by Gasteiger charge is 2.25. The summed E-state index contributed by atoms with van der Waals surface area (Å²) >= 11 is 6.29. The lowest BCUT2D eigenvalue weighted by Crippen LogP contribution is -2.42. The van der Waals surface area contributed by atoms with Crippen LogP contribution in [-0.4, -0.2) is 31.7 Å². The summed E-state index contributed by atoms with van der Waals surface area (Å²) in [6, 6.07) is 12.0. The van der Waals surface area contributed by atoms with E-state index in [1.807, 2.05) is 12.1 Å². The third-order valence-corrected chi connectivity index (χ3v) is 5.20. The third kappa shape index (κ3) is 3.31. The maximum absolute atomic E-state index is 12.7. The number of nitrogens with one attached hydrogen (secondary N) is 1. The molecule has 2 aliphatic rings.